The van der Waals surface area contributed by atoms with Crippen molar-refractivity contribution in [3.63, 3.8) is 0 Å². The fourth-order valence-corrected chi connectivity index (χ4v) is 2.83. The van der Waals surface area contributed by atoms with Crippen LogP contribution >= 0.6 is 0 Å². The Hall–Kier alpha value is -1.44. The molecule has 3 N–H and O–H groups in total. The smallest absolute Gasteiger partial charge is 0.240 e. The number of hydrogen-bond donors (Lipinski definition) is 3. The van der Waals surface area contributed by atoms with Crippen LogP contribution in [0.2, 0.25) is 0 Å². The number of benzene rings is 1. The van der Waals surface area contributed by atoms with Gasteiger partial charge in [0.05, 0.1) is 11.5 Å². The molecule has 0 aromatic heterocycles. The molecule has 0 aliphatic carbocycles. The molecule has 0 radical (unpaired) electrons. The lowest BCUT2D eigenvalue weighted by Crippen LogP contribution is -2.26. The van der Waals surface area contributed by atoms with E-state index in [0.717, 1.165) is 12.0 Å². The monoisotopic (exact) mass is 314 g/mol. The Bertz CT molecular complexity index is 541. The topological polar surface area (TPSA) is 95.5 Å². The molecule has 0 spiro atoms. The normalized spacial score (nSPS) is 11.3. The van der Waals surface area contributed by atoms with E-state index in [9.17, 15) is 13.2 Å². The fourth-order valence-electron chi connectivity index (χ4n) is 1.70. The van der Waals surface area contributed by atoms with E-state index >= 15 is 0 Å². The summed E-state index contributed by atoms with van der Waals surface area (Å²) in [5.74, 6) is -0.134. The quantitative estimate of drug-likeness (QED) is 0.615. The van der Waals surface area contributed by atoms with Crippen molar-refractivity contribution in [2.45, 2.75) is 31.1 Å². The maximum absolute atomic E-state index is 11.9. The van der Waals surface area contributed by atoms with Crippen LogP contribution in [0, 0.1) is 0 Å². The van der Waals surface area contributed by atoms with Crippen molar-refractivity contribution in [3.05, 3.63) is 29.8 Å². The van der Waals surface area contributed by atoms with Crippen molar-refractivity contribution in [2.24, 2.45) is 0 Å². The van der Waals surface area contributed by atoms with E-state index in [4.69, 9.17) is 5.11 Å². The zero-order chi connectivity index (χ0) is 15.7. The van der Waals surface area contributed by atoms with Crippen LogP contribution in [0.3, 0.4) is 0 Å². The molecule has 1 rings (SSSR count). The number of sulfonamides is 1. The predicted octanol–water partition coefficient (Wildman–Crippen LogP) is 0.416. The minimum atomic E-state index is -3.44. The van der Waals surface area contributed by atoms with Gasteiger partial charge in [-0.2, -0.15) is 0 Å². The second-order valence-corrected chi connectivity index (χ2v) is 6.38. The molecule has 0 aliphatic heterocycles. The van der Waals surface area contributed by atoms with Gasteiger partial charge in [0.25, 0.3) is 0 Å². The molecule has 1 aromatic rings. The molecule has 0 fully saturated rings. The largest absolute Gasteiger partial charge is 0.395 e. The standard InChI is InChI=1S/C14H22N2O4S/c1-2-9-16-21(19,20)13-6-3-12(4-7-13)5-8-14(18)15-10-11-17/h3-4,6-7,16-17H,2,5,8-11H2,1H3,(H,15,18). The Morgan fingerprint density at radius 3 is 2.43 bits per heavy atom. The second kappa shape index (κ2) is 8.76. The number of nitrogens with one attached hydrogen (secondary N) is 2. The minimum absolute atomic E-state index is 0.0803. The van der Waals surface area contributed by atoms with Crippen LogP contribution in [-0.4, -0.2) is 39.1 Å². The van der Waals surface area contributed by atoms with E-state index in [2.05, 4.69) is 10.0 Å². The van der Waals surface area contributed by atoms with Crippen molar-refractivity contribution >= 4 is 15.9 Å². The zero-order valence-corrected chi connectivity index (χ0v) is 12.9. The lowest BCUT2D eigenvalue weighted by molar-refractivity contribution is -0.121. The first kappa shape index (κ1) is 17.6. The van der Waals surface area contributed by atoms with Gasteiger partial charge in [-0.1, -0.05) is 19.1 Å². The Morgan fingerprint density at radius 2 is 1.86 bits per heavy atom. The molecular formula is C14H22N2O4S. The Morgan fingerprint density at radius 1 is 1.19 bits per heavy atom. The van der Waals surface area contributed by atoms with E-state index in [0.29, 0.717) is 19.4 Å². The molecule has 118 valence electrons. The maximum Gasteiger partial charge on any atom is 0.240 e. The second-order valence-electron chi connectivity index (χ2n) is 4.62. The average Bonchev–Trinajstić information content (AvgIpc) is 2.49. The molecule has 6 nitrogen and oxygen atoms in total. The maximum atomic E-state index is 11.9. The number of aryl methyl sites for hydroxylation is 1. The van der Waals surface area contributed by atoms with Crippen molar-refractivity contribution in [1.82, 2.24) is 10.0 Å². The Kier molecular flexibility index (Phi) is 7.35. The molecular weight excluding hydrogens is 292 g/mol. The Labute approximate surface area is 125 Å². The fraction of sp³-hybridized carbons (Fsp3) is 0.500. The molecule has 0 bridgehead atoms. The van der Waals surface area contributed by atoms with Gasteiger partial charge >= 0.3 is 0 Å². The number of carbonyl (C=O) groups is 1. The molecule has 0 saturated heterocycles. The molecule has 0 atom stereocenters. The third-order valence-corrected chi connectivity index (χ3v) is 4.33. The van der Waals surface area contributed by atoms with Gasteiger partial charge in [0, 0.05) is 19.5 Å². The third-order valence-electron chi connectivity index (χ3n) is 2.85. The summed E-state index contributed by atoms with van der Waals surface area (Å²) in [6, 6.07) is 6.50. The van der Waals surface area contributed by atoms with Crippen LogP contribution in [0.4, 0.5) is 0 Å². The highest BCUT2D eigenvalue weighted by Gasteiger charge is 2.12. The van der Waals surface area contributed by atoms with Crippen molar-refractivity contribution in [2.75, 3.05) is 19.7 Å². The summed E-state index contributed by atoms with van der Waals surface area (Å²) in [5, 5.41) is 11.2. The molecule has 1 aromatic carbocycles. The van der Waals surface area contributed by atoms with Crippen molar-refractivity contribution < 1.29 is 18.3 Å². The molecule has 7 heteroatoms. The van der Waals surface area contributed by atoms with Gasteiger partial charge in [0.2, 0.25) is 15.9 Å². The lowest BCUT2D eigenvalue weighted by Gasteiger charge is -2.07. The van der Waals surface area contributed by atoms with E-state index < -0.39 is 10.0 Å². The molecule has 0 heterocycles. The van der Waals surface area contributed by atoms with Gasteiger partial charge in [-0.15, -0.1) is 0 Å². The van der Waals surface area contributed by atoms with Crippen LogP contribution in [0.5, 0.6) is 0 Å². The first-order valence-electron chi connectivity index (χ1n) is 6.95. The molecule has 0 unspecified atom stereocenters. The number of amides is 1. The van der Waals surface area contributed by atoms with Crippen LogP contribution in [0.15, 0.2) is 29.2 Å². The number of aliphatic hydroxyl groups is 1. The highest BCUT2D eigenvalue weighted by molar-refractivity contribution is 7.89. The molecule has 21 heavy (non-hydrogen) atoms. The molecule has 1 amide bonds. The van der Waals surface area contributed by atoms with E-state index in [1.165, 1.54) is 0 Å². The highest BCUT2D eigenvalue weighted by Crippen LogP contribution is 2.11. The van der Waals surface area contributed by atoms with Crippen LogP contribution in [0.25, 0.3) is 0 Å². The van der Waals surface area contributed by atoms with Gasteiger partial charge in [-0.05, 0) is 30.5 Å². The van der Waals surface area contributed by atoms with Gasteiger partial charge in [0.1, 0.15) is 0 Å². The summed E-state index contributed by atoms with van der Waals surface area (Å²) in [6.45, 7) is 2.48. The summed E-state index contributed by atoms with van der Waals surface area (Å²) >= 11 is 0. The van der Waals surface area contributed by atoms with Crippen molar-refractivity contribution in [1.29, 1.82) is 0 Å². The van der Waals surface area contributed by atoms with Crippen LogP contribution < -0.4 is 10.0 Å². The minimum Gasteiger partial charge on any atom is -0.395 e. The summed E-state index contributed by atoms with van der Waals surface area (Å²) in [7, 11) is -3.44. The third kappa shape index (κ3) is 6.24. The van der Waals surface area contributed by atoms with E-state index in [1.807, 2.05) is 6.92 Å². The van der Waals surface area contributed by atoms with Gasteiger partial charge in [0.15, 0.2) is 0 Å². The number of aliphatic hydroxyl groups excluding tert-OH is 1. The predicted molar refractivity (Wildman–Crippen MR) is 80.3 cm³/mol. The number of carbonyl (C=O) groups excluding carboxylic acids is 1. The first-order chi connectivity index (χ1) is 9.99. The van der Waals surface area contributed by atoms with E-state index in [1.54, 1.807) is 24.3 Å². The SMILES string of the molecule is CCCNS(=O)(=O)c1ccc(CCC(=O)NCCO)cc1. The first-order valence-corrected chi connectivity index (χ1v) is 8.44. The highest BCUT2D eigenvalue weighted by atomic mass is 32.2. The van der Waals surface area contributed by atoms with Crippen LogP contribution in [0.1, 0.15) is 25.3 Å². The summed E-state index contributed by atoms with van der Waals surface area (Å²) in [5.41, 5.74) is 0.892. The van der Waals surface area contributed by atoms with E-state index in [-0.39, 0.29) is 24.0 Å². The summed E-state index contributed by atoms with van der Waals surface area (Å²) < 4.78 is 26.3. The molecule has 0 saturated carbocycles. The average molecular weight is 314 g/mol. The van der Waals surface area contributed by atoms with Gasteiger partial charge in [-0.25, -0.2) is 13.1 Å². The van der Waals surface area contributed by atoms with Gasteiger partial charge in [-0.3, -0.25) is 4.79 Å². The van der Waals surface area contributed by atoms with Gasteiger partial charge < -0.3 is 10.4 Å². The summed E-state index contributed by atoms with van der Waals surface area (Å²) in [4.78, 5) is 11.6. The summed E-state index contributed by atoms with van der Waals surface area (Å²) in [6.07, 6.45) is 1.57. The van der Waals surface area contributed by atoms with Crippen LogP contribution in [-0.2, 0) is 21.2 Å². The number of rotatable bonds is 9. The number of hydrogen-bond acceptors (Lipinski definition) is 4. The zero-order valence-electron chi connectivity index (χ0n) is 12.1. The Balaban J connectivity index is 2.56. The molecule has 0 aliphatic rings. The van der Waals surface area contributed by atoms with Crippen molar-refractivity contribution in [3.8, 4) is 0 Å². The lowest BCUT2D eigenvalue weighted by atomic mass is 10.1.